The number of hydrogen-bond donors (Lipinski definition) is 3. The standard InChI is InChI=1S/C11H13NO4/c1-7(10(13)14)12-6-8-2-4-9(5-3-8)11(15)16/h2-5,7,12H,6H2,1H3,(H,13,14)(H,15,16). The lowest BCUT2D eigenvalue weighted by atomic mass is 10.1. The number of rotatable bonds is 5. The maximum Gasteiger partial charge on any atom is 0.335 e. The van der Waals surface area contributed by atoms with Crippen molar-refractivity contribution < 1.29 is 19.8 Å². The first kappa shape index (κ1) is 12.2. The Hall–Kier alpha value is -1.88. The van der Waals surface area contributed by atoms with Crippen LogP contribution in [-0.2, 0) is 11.3 Å². The van der Waals surface area contributed by atoms with Crippen LogP contribution in [-0.4, -0.2) is 28.2 Å². The molecule has 0 heterocycles. The van der Waals surface area contributed by atoms with E-state index < -0.39 is 18.0 Å². The summed E-state index contributed by atoms with van der Waals surface area (Å²) in [5.41, 5.74) is 1.06. The zero-order valence-electron chi connectivity index (χ0n) is 8.80. The van der Waals surface area contributed by atoms with E-state index >= 15 is 0 Å². The van der Waals surface area contributed by atoms with E-state index in [4.69, 9.17) is 10.2 Å². The fraction of sp³-hybridized carbons (Fsp3) is 0.273. The molecular weight excluding hydrogens is 210 g/mol. The lowest BCUT2D eigenvalue weighted by Gasteiger charge is -2.08. The average molecular weight is 223 g/mol. The second-order valence-electron chi connectivity index (χ2n) is 3.44. The summed E-state index contributed by atoms with van der Waals surface area (Å²) in [6, 6.07) is 5.67. The van der Waals surface area contributed by atoms with Crippen LogP contribution >= 0.6 is 0 Å². The Kier molecular flexibility index (Phi) is 4.02. The third kappa shape index (κ3) is 3.36. The van der Waals surface area contributed by atoms with Gasteiger partial charge < -0.3 is 15.5 Å². The number of carbonyl (C=O) groups is 2. The molecule has 5 heteroatoms. The van der Waals surface area contributed by atoms with E-state index in [9.17, 15) is 9.59 Å². The monoisotopic (exact) mass is 223 g/mol. The highest BCUT2D eigenvalue weighted by Crippen LogP contribution is 2.04. The molecule has 0 fully saturated rings. The molecule has 0 saturated carbocycles. The highest BCUT2D eigenvalue weighted by atomic mass is 16.4. The van der Waals surface area contributed by atoms with Crippen LogP contribution in [0.15, 0.2) is 24.3 Å². The van der Waals surface area contributed by atoms with Crippen LogP contribution in [0.4, 0.5) is 0 Å². The van der Waals surface area contributed by atoms with Crippen molar-refractivity contribution in [2.24, 2.45) is 0 Å². The quantitative estimate of drug-likeness (QED) is 0.691. The number of aliphatic carboxylic acids is 1. The Morgan fingerprint density at radius 2 is 1.81 bits per heavy atom. The molecule has 5 nitrogen and oxygen atoms in total. The van der Waals surface area contributed by atoms with Crippen LogP contribution in [0.5, 0.6) is 0 Å². The first-order chi connectivity index (χ1) is 7.50. The minimum atomic E-state index is -0.974. The molecule has 3 N–H and O–H groups in total. The van der Waals surface area contributed by atoms with Crippen molar-refractivity contribution in [3.8, 4) is 0 Å². The molecule has 86 valence electrons. The van der Waals surface area contributed by atoms with Gasteiger partial charge in [0.25, 0.3) is 0 Å². The summed E-state index contributed by atoms with van der Waals surface area (Å²) in [6.45, 7) is 1.95. The highest BCUT2D eigenvalue weighted by molar-refractivity contribution is 5.87. The van der Waals surface area contributed by atoms with Gasteiger partial charge in [0.2, 0.25) is 0 Å². The number of aromatic carboxylic acids is 1. The molecule has 1 aromatic carbocycles. The van der Waals surface area contributed by atoms with Gasteiger partial charge in [-0.15, -0.1) is 0 Å². The smallest absolute Gasteiger partial charge is 0.335 e. The highest BCUT2D eigenvalue weighted by Gasteiger charge is 2.09. The second-order valence-corrected chi connectivity index (χ2v) is 3.44. The number of carboxylic acid groups (broad SMARTS) is 2. The van der Waals surface area contributed by atoms with Gasteiger partial charge >= 0.3 is 11.9 Å². The molecule has 16 heavy (non-hydrogen) atoms. The summed E-state index contributed by atoms with van der Waals surface area (Å²) in [4.78, 5) is 21.1. The summed E-state index contributed by atoms with van der Waals surface area (Å²) in [6.07, 6.45) is 0. The van der Waals surface area contributed by atoms with Crippen LogP contribution in [0.25, 0.3) is 0 Å². The van der Waals surface area contributed by atoms with Gasteiger partial charge in [-0.3, -0.25) is 4.79 Å². The third-order valence-corrected chi connectivity index (χ3v) is 2.18. The van der Waals surface area contributed by atoms with Gasteiger partial charge in [0.1, 0.15) is 6.04 Å². The van der Waals surface area contributed by atoms with Crippen molar-refractivity contribution in [3.63, 3.8) is 0 Å². The first-order valence-electron chi connectivity index (χ1n) is 4.79. The van der Waals surface area contributed by atoms with Gasteiger partial charge in [0.15, 0.2) is 0 Å². The normalized spacial score (nSPS) is 12.1. The van der Waals surface area contributed by atoms with E-state index in [0.29, 0.717) is 6.54 Å². The molecule has 0 spiro atoms. The Morgan fingerprint density at radius 3 is 2.25 bits per heavy atom. The summed E-state index contributed by atoms with van der Waals surface area (Å²) in [5.74, 6) is -1.89. The number of carboxylic acids is 2. The molecule has 0 bridgehead atoms. The van der Waals surface area contributed by atoms with Crippen LogP contribution in [0.1, 0.15) is 22.8 Å². The predicted molar refractivity (Wildman–Crippen MR) is 57.3 cm³/mol. The molecule has 0 aliphatic carbocycles. The van der Waals surface area contributed by atoms with Gasteiger partial charge in [0, 0.05) is 6.54 Å². The minimum absolute atomic E-state index is 0.218. The molecular formula is C11H13NO4. The lowest BCUT2D eigenvalue weighted by molar-refractivity contribution is -0.139. The number of nitrogens with one attached hydrogen (secondary N) is 1. The van der Waals surface area contributed by atoms with E-state index in [1.807, 2.05) is 0 Å². The van der Waals surface area contributed by atoms with Crippen molar-refractivity contribution in [1.29, 1.82) is 0 Å². The molecule has 0 amide bonds. The molecule has 0 saturated heterocycles. The van der Waals surface area contributed by atoms with Crippen LogP contribution in [0.3, 0.4) is 0 Å². The molecule has 0 aliphatic rings. The average Bonchev–Trinajstić information content (AvgIpc) is 2.26. The Morgan fingerprint density at radius 1 is 1.25 bits per heavy atom. The van der Waals surface area contributed by atoms with Crippen LogP contribution in [0.2, 0.25) is 0 Å². The van der Waals surface area contributed by atoms with E-state index in [0.717, 1.165) is 5.56 Å². The number of hydrogen-bond acceptors (Lipinski definition) is 3. The number of benzene rings is 1. The van der Waals surface area contributed by atoms with E-state index in [-0.39, 0.29) is 5.56 Å². The van der Waals surface area contributed by atoms with Crippen molar-refractivity contribution in [2.45, 2.75) is 19.5 Å². The maximum absolute atomic E-state index is 10.6. The van der Waals surface area contributed by atoms with Gasteiger partial charge in [0.05, 0.1) is 5.56 Å². The predicted octanol–water partition coefficient (Wildman–Crippen LogP) is 0.948. The lowest BCUT2D eigenvalue weighted by Crippen LogP contribution is -2.33. The molecule has 1 rings (SSSR count). The fourth-order valence-electron chi connectivity index (χ4n) is 1.12. The van der Waals surface area contributed by atoms with E-state index in [1.165, 1.54) is 12.1 Å². The molecule has 1 atom stereocenters. The van der Waals surface area contributed by atoms with Gasteiger partial charge in [-0.1, -0.05) is 12.1 Å². The Bertz CT molecular complexity index is 385. The second kappa shape index (κ2) is 5.27. The van der Waals surface area contributed by atoms with Crippen molar-refractivity contribution >= 4 is 11.9 Å². The summed E-state index contributed by atoms with van der Waals surface area (Å²) >= 11 is 0. The molecule has 0 aliphatic heterocycles. The SMILES string of the molecule is CC(NCc1ccc(C(=O)O)cc1)C(=O)O. The zero-order valence-corrected chi connectivity index (χ0v) is 8.80. The Labute approximate surface area is 92.7 Å². The largest absolute Gasteiger partial charge is 0.480 e. The fourth-order valence-corrected chi connectivity index (χ4v) is 1.12. The molecule has 1 unspecified atom stereocenters. The van der Waals surface area contributed by atoms with Gasteiger partial charge in [-0.25, -0.2) is 4.79 Å². The molecule has 0 radical (unpaired) electrons. The third-order valence-electron chi connectivity index (χ3n) is 2.18. The minimum Gasteiger partial charge on any atom is -0.480 e. The molecule has 1 aromatic rings. The van der Waals surface area contributed by atoms with Gasteiger partial charge in [-0.05, 0) is 24.6 Å². The summed E-state index contributed by atoms with van der Waals surface area (Å²) in [5, 5.41) is 20.1. The van der Waals surface area contributed by atoms with Crippen LogP contribution in [0, 0.1) is 0 Å². The first-order valence-corrected chi connectivity index (χ1v) is 4.79. The van der Waals surface area contributed by atoms with Crippen molar-refractivity contribution in [3.05, 3.63) is 35.4 Å². The zero-order chi connectivity index (χ0) is 12.1. The Balaban J connectivity index is 2.56. The summed E-state index contributed by atoms with van der Waals surface area (Å²) in [7, 11) is 0. The van der Waals surface area contributed by atoms with E-state index in [2.05, 4.69) is 5.32 Å². The topological polar surface area (TPSA) is 86.6 Å². The van der Waals surface area contributed by atoms with Crippen molar-refractivity contribution in [1.82, 2.24) is 5.32 Å². The van der Waals surface area contributed by atoms with E-state index in [1.54, 1.807) is 19.1 Å². The van der Waals surface area contributed by atoms with Crippen LogP contribution < -0.4 is 5.32 Å². The molecule has 0 aromatic heterocycles. The van der Waals surface area contributed by atoms with Crippen molar-refractivity contribution in [2.75, 3.05) is 0 Å². The van der Waals surface area contributed by atoms with Gasteiger partial charge in [-0.2, -0.15) is 0 Å². The maximum atomic E-state index is 10.6. The summed E-state index contributed by atoms with van der Waals surface area (Å²) < 4.78 is 0.